The van der Waals surface area contributed by atoms with E-state index in [2.05, 4.69) is 0 Å². The molecule has 0 spiro atoms. The maximum absolute atomic E-state index is 12.5. The summed E-state index contributed by atoms with van der Waals surface area (Å²) in [4.78, 5) is 0. The van der Waals surface area contributed by atoms with Crippen molar-refractivity contribution in [1.29, 1.82) is 0 Å². The van der Waals surface area contributed by atoms with Gasteiger partial charge in [0.1, 0.15) is 12.4 Å². The second-order valence-electron chi connectivity index (χ2n) is 4.13. The monoisotopic (exact) mass is 387 g/mol. The third kappa shape index (κ3) is 3.47. The van der Waals surface area contributed by atoms with Crippen molar-refractivity contribution in [1.82, 2.24) is 8.19 Å². The fourth-order valence-corrected chi connectivity index (χ4v) is 3.76. The van der Waals surface area contributed by atoms with Gasteiger partial charge in [0.25, 0.3) is 20.0 Å². The number of alkyl halides is 6. The molecule has 0 aromatic carbocycles. The van der Waals surface area contributed by atoms with Gasteiger partial charge >= 0.3 is 11.0 Å². The van der Waals surface area contributed by atoms with Gasteiger partial charge < -0.3 is 3.62 Å². The molecule has 0 N–H and O–H groups in total. The van der Waals surface area contributed by atoms with E-state index in [1.807, 2.05) is 0 Å². The Labute approximate surface area is 127 Å². The fourth-order valence-electron chi connectivity index (χ4n) is 1.35. The lowest BCUT2D eigenvalue weighted by molar-refractivity contribution is -0.653. The van der Waals surface area contributed by atoms with Crippen molar-refractivity contribution in [2.45, 2.75) is 11.0 Å². The van der Waals surface area contributed by atoms with Crippen molar-refractivity contribution in [2.24, 2.45) is 14.1 Å². The summed E-state index contributed by atoms with van der Waals surface area (Å²) in [6, 6.07) is 0. The highest BCUT2D eigenvalue weighted by Gasteiger charge is 2.56. The maximum Gasteiger partial charge on any atom is 0.509 e. The number of imidazole rings is 1. The van der Waals surface area contributed by atoms with Gasteiger partial charge in [-0.2, -0.15) is 26.3 Å². The number of nitrogens with zero attached hydrogens (tertiary/aromatic N) is 3. The van der Waals surface area contributed by atoms with E-state index in [1.165, 1.54) is 0 Å². The lowest BCUT2D eigenvalue weighted by Gasteiger charge is -2.32. The zero-order valence-corrected chi connectivity index (χ0v) is 12.9. The molecule has 0 aliphatic carbocycles. The van der Waals surface area contributed by atoms with Crippen LogP contribution in [0.5, 0.6) is 0 Å². The Morgan fingerprint density at radius 3 is 1.70 bits per heavy atom. The first-order chi connectivity index (χ1) is 10.0. The van der Waals surface area contributed by atoms with Crippen LogP contribution in [0.25, 0.3) is 0 Å². The molecule has 132 valence electrons. The van der Waals surface area contributed by atoms with Crippen molar-refractivity contribution in [3.63, 3.8) is 0 Å². The van der Waals surface area contributed by atoms with Gasteiger partial charge in [-0.25, -0.2) is 16.8 Å². The van der Waals surface area contributed by atoms with Gasteiger partial charge in [0.15, 0.2) is 0 Å². The third-order valence-corrected chi connectivity index (χ3v) is 6.02. The van der Waals surface area contributed by atoms with E-state index in [0.29, 0.717) is 0 Å². The highest BCUT2D eigenvalue weighted by Crippen LogP contribution is 2.34. The van der Waals surface area contributed by atoms with Crippen LogP contribution >= 0.6 is 0 Å². The number of rotatable bonds is 4. The molecule has 1 aromatic heterocycles. The van der Waals surface area contributed by atoms with Crippen LogP contribution in [0.4, 0.5) is 26.3 Å². The lowest BCUT2D eigenvalue weighted by atomic mass is 9.96. The number of halogens is 6. The first-order valence-corrected chi connectivity index (χ1v) is 8.19. The van der Waals surface area contributed by atoms with Crippen molar-refractivity contribution in [3.8, 4) is 0 Å². The van der Waals surface area contributed by atoms with Gasteiger partial charge in [-0.15, -0.1) is 0 Å². The van der Waals surface area contributed by atoms with Crippen LogP contribution in [0.2, 0.25) is 0 Å². The van der Waals surface area contributed by atoms with Crippen LogP contribution in [-0.2, 0) is 34.1 Å². The summed E-state index contributed by atoms with van der Waals surface area (Å²) in [6.45, 7) is 0. The first-order valence-electron chi connectivity index (χ1n) is 5.31. The molecule has 1 aromatic rings. The smallest absolute Gasteiger partial charge is 0.312 e. The van der Waals surface area contributed by atoms with Gasteiger partial charge in [0.2, 0.25) is 0 Å². The third-order valence-electron chi connectivity index (χ3n) is 2.52. The highest BCUT2D eigenvalue weighted by atomic mass is 32.3. The summed E-state index contributed by atoms with van der Waals surface area (Å²) < 4.78 is 120. The molecule has 0 unspecified atom stereocenters. The molecule has 2 radical (unpaired) electrons. The molecule has 0 atom stereocenters. The summed E-state index contributed by atoms with van der Waals surface area (Å²) in [6.07, 6.45) is 2.31. The van der Waals surface area contributed by atoms with Crippen molar-refractivity contribution >= 4 is 33.2 Å². The van der Waals surface area contributed by atoms with Gasteiger partial charge in [-0.3, -0.25) is 9.13 Å². The van der Waals surface area contributed by atoms with Crippen LogP contribution < -0.4 is 10.3 Å². The molecule has 1 rings (SSSR count). The minimum Gasteiger partial charge on any atom is -0.312 e. The SMILES string of the molecule is Cn1cc[n+](C)c1[B-]N(S(=O)(=O)C(F)(F)F)S(=O)(=O)C(F)(F)F. The van der Waals surface area contributed by atoms with E-state index < -0.39 is 40.4 Å². The van der Waals surface area contributed by atoms with Crippen LogP contribution in [0.1, 0.15) is 0 Å². The lowest BCUT2D eigenvalue weighted by Crippen LogP contribution is -2.60. The van der Waals surface area contributed by atoms with Crippen molar-refractivity contribution in [3.05, 3.63) is 12.4 Å². The summed E-state index contributed by atoms with van der Waals surface area (Å²) in [5, 5.41) is 0. The van der Waals surface area contributed by atoms with Crippen molar-refractivity contribution in [2.75, 3.05) is 0 Å². The van der Waals surface area contributed by atoms with Gasteiger partial charge in [-0.05, 0) is 7.41 Å². The summed E-state index contributed by atoms with van der Waals surface area (Å²) in [5.41, 5.74) is -13.1. The number of sulfonamides is 2. The second-order valence-corrected chi connectivity index (χ2v) is 7.98. The Balaban J connectivity index is 3.59. The van der Waals surface area contributed by atoms with Crippen LogP contribution in [-0.4, -0.2) is 43.5 Å². The molecule has 0 fully saturated rings. The number of hydrogen-bond acceptors (Lipinski definition) is 4. The Kier molecular flexibility index (Phi) is 4.86. The molecule has 0 aliphatic heterocycles. The van der Waals surface area contributed by atoms with Crippen molar-refractivity contribution < 1.29 is 47.7 Å². The summed E-state index contributed by atoms with van der Waals surface area (Å²) in [5.74, 6) is 0. The van der Waals surface area contributed by atoms with E-state index >= 15 is 0 Å². The summed E-state index contributed by atoms with van der Waals surface area (Å²) >= 11 is 0. The molecular weight excluding hydrogens is 379 g/mol. The van der Waals surface area contributed by atoms with Gasteiger partial charge in [0, 0.05) is 5.72 Å². The standard InChI is InChI=1S/C7H8BF6N3O4S2/c1-15-3-4-16(2)5(15)8-17(22(18,19)6(9,10)11)23(20,21)7(12,13)14/h3-4H,1-2H3. The Hall–Kier alpha value is -1.29. The van der Waals surface area contributed by atoms with E-state index in [4.69, 9.17) is 0 Å². The molecule has 7 nitrogen and oxygen atoms in total. The minimum atomic E-state index is -6.85. The van der Waals surface area contributed by atoms with Gasteiger partial charge in [0.05, 0.1) is 14.1 Å². The molecule has 0 saturated carbocycles. The average molecular weight is 387 g/mol. The normalized spacial score (nSPS) is 14.5. The zero-order valence-electron chi connectivity index (χ0n) is 11.3. The fraction of sp³-hybridized carbons (Fsp3) is 0.571. The predicted molar refractivity (Wildman–Crippen MR) is 63.8 cm³/mol. The number of hydrogen-bond donors (Lipinski definition) is 0. The highest BCUT2D eigenvalue weighted by molar-refractivity contribution is 8.06. The maximum atomic E-state index is 12.5. The molecular formula is C7H8BF6N3O4S2. The molecule has 0 aliphatic rings. The molecule has 0 bridgehead atoms. The van der Waals surface area contributed by atoms with E-state index in [0.717, 1.165) is 35.6 Å². The molecule has 0 amide bonds. The first kappa shape index (κ1) is 19.8. The second kappa shape index (κ2) is 5.66. The zero-order chi connectivity index (χ0) is 18.4. The minimum absolute atomic E-state index is 0.272. The molecule has 1 heterocycles. The molecule has 16 heteroatoms. The largest absolute Gasteiger partial charge is 0.509 e. The van der Waals surface area contributed by atoms with E-state index in [1.54, 1.807) is 0 Å². The van der Waals surface area contributed by atoms with Crippen LogP contribution in [0.15, 0.2) is 12.4 Å². The average Bonchev–Trinajstić information content (AvgIpc) is 2.63. The molecule has 0 saturated heterocycles. The van der Waals surface area contributed by atoms with Crippen LogP contribution in [0.3, 0.4) is 0 Å². The Morgan fingerprint density at radius 1 is 1.04 bits per heavy atom. The summed E-state index contributed by atoms with van der Waals surface area (Å²) in [7, 11) is -11.6. The predicted octanol–water partition coefficient (Wildman–Crippen LogP) is -0.905. The Bertz CT molecular complexity index is 734. The Morgan fingerprint density at radius 2 is 1.43 bits per heavy atom. The van der Waals surface area contributed by atoms with Gasteiger partial charge in [-0.1, -0.05) is 0 Å². The van der Waals surface area contributed by atoms with E-state index in [9.17, 15) is 43.2 Å². The number of aryl methyl sites for hydroxylation is 2. The van der Waals surface area contributed by atoms with E-state index in [-0.39, 0.29) is 7.41 Å². The molecule has 23 heavy (non-hydrogen) atoms. The topological polar surface area (TPSA) is 80.3 Å². The quantitative estimate of drug-likeness (QED) is 0.381. The van der Waals surface area contributed by atoms with Crippen LogP contribution in [0, 0.1) is 0 Å². The number of aromatic nitrogens is 2.